The van der Waals surface area contributed by atoms with Crippen LogP contribution in [0, 0.1) is 12.8 Å². The summed E-state index contributed by atoms with van der Waals surface area (Å²) in [5.41, 5.74) is 2.57. The Balaban J connectivity index is 2.84. The molecule has 0 fully saturated rings. The lowest BCUT2D eigenvalue weighted by molar-refractivity contribution is 0.408. The van der Waals surface area contributed by atoms with Gasteiger partial charge in [0.2, 0.25) is 0 Å². The highest BCUT2D eigenvalue weighted by Crippen LogP contribution is 2.28. The van der Waals surface area contributed by atoms with Crippen molar-refractivity contribution in [2.75, 3.05) is 20.2 Å². The Hall–Kier alpha value is -1.02. The second-order valence-corrected chi connectivity index (χ2v) is 5.28. The molecule has 0 aromatic heterocycles. The fraction of sp³-hybridized carbons (Fsp3) is 0.625. The SMILES string of the molecule is CCCNCC(c1ccc(C)c(OC)c1)C(C)C. The number of methoxy groups -OCH3 is 1. The van der Waals surface area contributed by atoms with Crippen LogP contribution in [0.1, 0.15) is 44.2 Å². The topological polar surface area (TPSA) is 21.3 Å². The molecule has 0 radical (unpaired) electrons. The van der Waals surface area contributed by atoms with Crippen LogP contribution in [-0.4, -0.2) is 20.2 Å². The van der Waals surface area contributed by atoms with E-state index in [1.165, 1.54) is 17.5 Å². The average Bonchev–Trinajstić information content (AvgIpc) is 2.35. The van der Waals surface area contributed by atoms with Gasteiger partial charge in [-0.3, -0.25) is 0 Å². The molecule has 0 saturated carbocycles. The van der Waals surface area contributed by atoms with E-state index in [-0.39, 0.29) is 0 Å². The standard InChI is InChI=1S/C16H27NO/c1-6-9-17-11-15(12(2)3)14-8-7-13(4)16(10-14)18-5/h7-8,10,12,15,17H,6,9,11H2,1-5H3. The molecule has 0 spiro atoms. The van der Waals surface area contributed by atoms with Gasteiger partial charge in [-0.05, 0) is 48.9 Å². The number of rotatable bonds is 7. The molecule has 0 aliphatic heterocycles. The highest BCUT2D eigenvalue weighted by atomic mass is 16.5. The zero-order valence-electron chi connectivity index (χ0n) is 12.4. The van der Waals surface area contributed by atoms with E-state index in [1.54, 1.807) is 7.11 Å². The molecule has 1 aromatic rings. The van der Waals surface area contributed by atoms with Crippen LogP contribution in [0.3, 0.4) is 0 Å². The molecular formula is C16H27NO. The van der Waals surface area contributed by atoms with E-state index in [9.17, 15) is 0 Å². The molecule has 1 N–H and O–H groups in total. The lowest BCUT2D eigenvalue weighted by Crippen LogP contribution is -2.25. The summed E-state index contributed by atoms with van der Waals surface area (Å²) in [7, 11) is 1.74. The zero-order chi connectivity index (χ0) is 13.5. The molecule has 18 heavy (non-hydrogen) atoms. The number of aryl methyl sites for hydroxylation is 1. The quantitative estimate of drug-likeness (QED) is 0.743. The maximum atomic E-state index is 5.42. The first-order valence-electron chi connectivity index (χ1n) is 6.95. The molecular weight excluding hydrogens is 222 g/mol. The smallest absolute Gasteiger partial charge is 0.122 e. The minimum Gasteiger partial charge on any atom is -0.496 e. The van der Waals surface area contributed by atoms with Gasteiger partial charge < -0.3 is 10.1 Å². The minimum absolute atomic E-state index is 0.547. The highest BCUT2D eigenvalue weighted by molar-refractivity contribution is 5.38. The molecule has 1 aromatic carbocycles. The Kier molecular flexibility index (Phi) is 6.20. The Bertz CT molecular complexity index is 360. The van der Waals surface area contributed by atoms with Crippen LogP contribution >= 0.6 is 0 Å². The fourth-order valence-electron chi connectivity index (χ4n) is 2.24. The first kappa shape index (κ1) is 15.0. The summed E-state index contributed by atoms with van der Waals surface area (Å²) in [6.45, 7) is 11.0. The van der Waals surface area contributed by atoms with Crippen molar-refractivity contribution in [2.45, 2.75) is 40.0 Å². The van der Waals surface area contributed by atoms with Crippen molar-refractivity contribution >= 4 is 0 Å². The van der Waals surface area contributed by atoms with E-state index in [0.717, 1.165) is 18.8 Å². The van der Waals surface area contributed by atoms with Gasteiger partial charge in [0.25, 0.3) is 0 Å². The number of ether oxygens (including phenoxy) is 1. The van der Waals surface area contributed by atoms with Crippen molar-refractivity contribution in [3.05, 3.63) is 29.3 Å². The summed E-state index contributed by atoms with van der Waals surface area (Å²) in [5.74, 6) is 2.17. The van der Waals surface area contributed by atoms with Gasteiger partial charge in [0, 0.05) is 6.54 Å². The summed E-state index contributed by atoms with van der Waals surface area (Å²) in [4.78, 5) is 0. The lowest BCUT2D eigenvalue weighted by atomic mass is 9.87. The zero-order valence-corrected chi connectivity index (χ0v) is 12.4. The predicted octanol–water partition coefficient (Wildman–Crippen LogP) is 3.74. The van der Waals surface area contributed by atoms with E-state index in [4.69, 9.17) is 4.74 Å². The van der Waals surface area contributed by atoms with Crippen molar-refractivity contribution in [3.8, 4) is 5.75 Å². The molecule has 0 heterocycles. The van der Waals surface area contributed by atoms with E-state index in [1.807, 2.05) is 0 Å². The van der Waals surface area contributed by atoms with Crippen LogP contribution < -0.4 is 10.1 Å². The summed E-state index contributed by atoms with van der Waals surface area (Å²) in [6, 6.07) is 6.58. The van der Waals surface area contributed by atoms with Crippen LogP contribution in [0.2, 0.25) is 0 Å². The third kappa shape index (κ3) is 4.02. The van der Waals surface area contributed by atoms with Crippen LogP contribution in [0.25, 0.3) is 0 Å². The Morgan fingerprint density at radius 3 is 2.56 bits per heavy atom. The molecule has 0 saturated heterocycles. The largest absolute Gasteiger partial charge is 0.496 e. The lowest BCUT2D eigenvalue weighted by Gasteiger charge is -2.23. The molecule has 0 bridgehead atoms. The molecule has 1 unspecified atom stereocenters. The third-order valence-electron chi connectivity index (χ3n) is 3.46. The number of nitrogens with one attached hydrogen (secondary N) is 1. The normalized spacial score (nSPS) is 12.8. The van der Waals surface area contributed by atoms with Crippen molar-refractivity contribution in [2.24, 2.45) is 5.92 Å². The van der Waals surface area contributed by atoms with E-state index >= 15 is 0 Å². The molecule has 2 nitrogen and oxygen atoms in total. The highest BCUT2D eigenvalue weighted by Gasteiger charge is 2.16. The van der Waals surface area contributed by atoms with Gasteiger partial charge in [-0.25, -0.2) is 0 Å². The number of benzene rings is 1. The number of hydrogen-bond donors (Lipinski definition) is 1. The second-order valence-electron chi connectivity index (χ2n) is 5.28. The van der Waals surface area contributed by atoms with Crippen molar-refractivity contribution in [1.82, 2.24) is 5.32 Å². The second kappa shape index (κ2) is 7.42. The third-order valence-corrected chi connectivity index (χ3v) is 3.46. The first-order chi connectivity index (χ1) is 8.60. The minimum atomic E-state index is 0.547. The predicted molar refractivity (Wildman–Crippen MR) is 78.5 cm³/mol. The van der Waals surface area contributed by atoms with Crippen molar-refractivity contribution < 1.29 is 4.74 Å². The fourth-order valence-corrected chi connectivity index (χ4v) is 2.24. The molecule has 1 rings (SSSR count). The Morgan fingerprint density at radius 2 is 2.00 bits per heavy atom. The summed E-state index contributed by atoms with van der Waals surface area (Å²) in [6.07, 6.45) is 1.18. The van der Waals surface area contributed by atoms with Gasteiger partial charge in [-0.15, -0.1) is 0 Å². The van der Waals surface area contributed by atoms with Crippen LogP contribution in [0.5, 0.6) is 5.75 Å². The number of hydrogen-bond acceptors (Lipinski definition) is 2. The first-order valence-corrected chi connectivity index (χ1v) is 6.95. The van der Waals surface area contributed by atoms with E-state index in [2.05, 4.69) is 51.2 Å². The van der Waals surface area contributed by atoms with E-state index < -0.39 is 0 Å². The van der Waals surface area contributed by atoms with Crippen molar-refractivity contribution in [1.29, 1.82) is 0 Å². The Morgan fingerprint density at radius 1 is 1.28 bits per heavy atom. The maximum absolute atomic E-state index is 5.42. The van der Waals surface area contributed by atoms with Crippen LogP contribution in [0.15, 0.2) is 18.2 Å². The van der Waals surface area contributed by atoms with Gasteiger partial charge >= 0.3 is 0 Å². The maximum Gasteiger partial charge on any atom is 0.122 e. The molecule has 0 aliphatic carbocycles. The molecule has 102 valence electrons. The summed E-state index contributed by atoms with van der Waals surface area (Å²) >= 11 is 0. The molecule has 2 heteroatoms. The molecule has 0 aliphatic rings. The summed E-state index contributed by atoms with van der Waals surface area (Å²) in [5, 5.41) is 3.53. The Labute approximate surface area is 112 Å². The van der Waals surface area contributed by atoms with E-state index in [0.29, 0.717) is 11.8 Å². The van der Waals surface area contributed by atoms with Gasteiger partial charge in [-0.1, -0.05) is 32.9 Å². The monoisotopic (exact) mass is 249 g/mol. The molecule has 0 amide bonds. The van der Waals surface area contributed by atoms with Crippen LogP contribution in [-0.2, 0) is 0 Å². The average molecular weight is 249 g/mol. The van der Waals surface area contributed by atoms with Gasteiger partial charge in [0.05, 0.1) is 7.11 Å². The van der Waals surface area contributed by atoms with Gasteiger partial charge in [-0.2, -0.15) is 0 Å². The van der Waals surface area contributed by atoms with Gasteiger partial charge in [0.15, 0.2) is 0 Å². The molecule has 1 atom stereocenters. The van der Waals surface area contributed by atoms with Crippen molar-refractivity contribution in [3.63, 3.8) is 0 Å². The van der Waals surface area contributed by atoms with Gasteiger partial charge in [0.1, 0.15) is 5.75 Å². The summed E-state index contributed by atoms with van der Waals surface area (Å²) < 4.78 is 5.42. The van der Waals surface area contributed by atoms with Crippen LogP contribution in [0.4, 0.5) is 0 Å².